The minimum atomic E-state index is -3.80. The highest BCUT2D eigenvalue weighted by atomic mass is 32.2. The first-order valence-corrected chi connectivity index (χ1v) is 7.88. The Kier molecular flexibility index (Phi) is 4.24. The molecule has 0 bridgehead atoms. The first-order valence-electron chi connectivity index (χ1n) is 6.40. The molecule has 0 aliphatic heterocycles. The Morgan fingerprint density at radius 2 is 1.90 bits per heavy atom. The highest BCUT2D eigenvalue weighted by molar-refractivity contribution is 7.89. The van der Waals surface area contributed by atoms with E-state index in [-0.39, 0.29) is 10.9 Å². The topological polar surface area (TPSA) is 110 Å². The number of nitrogens with one attached hydrogen (secondary N) is 1. The average molecular weight is 300 g/mol. The maximum absolute atomic E-state index is 12.2. The van der Waals surface area contributed by atoms with Crippen molar-refractivity contribution in [3.05, 3.63) is 28.3 Å². The summed E-state index contributed by atoms with van der Waals surface area (Å²) < 4.78 is 26.9. The zero-order valence-electron chi connectivity index (χ0n) is 10.8. The van der Waals surface area contributed by atoms with Gasteiger partial charge in [0.1, 0.15) is 0 Å². The number of hydrogen-bond donors (Lipinski definition) is 2. The van der Waals surface area contributed by atoms with E-state index in [1.54, 1.807) is 0 Å². The Bertz CT molecular complexity index is 608. The summed E-state index contributed by atoms with van der Waals surface area (Å²) in [5.41, 5.74) is -0.614. The van der Waals surface area contributed by atoms with Crippen LogP contribution >= 0.6 is 0 Å². The van der Waals surface area contributed by atoms with Gasteiger partial charge in [-0.3, -0.25) is 10.1 Å². The largest absolute Gasteiger partial charge is 0.502 e. The van der Waals surface area contributed by atoms with Gasteiger partial charge in [-0.25, -0.2) is 13.1 Å². The Hall–Kier alpha value is -1.67. The molecule has 20 heavy (non-hydrogen) atoms. The summed E-state index contributed by atoms with van der Waals surface area (Å²) in [7, 11) is -3.80. The van der Waals surface area contributed by atoms with Gasteiger partial charge in [-0.2, -0.15) is 0 Å². The van der Waals surface area contributed by atoms with E-state index >= 15 is 0 Å². The smallest absolute Gasteiger partial charge is 0.312 e. The molecule has 7 nitrogen and oxygen atoms in total. The molecule has 1 aliphatic carbocycles. The highest BCUT2D eigenvalue weighted by Crippen LogP contribution is 2.28. The van der Waals surface area contributed by atoms with Crippen molar-refractivity contribution in [2.24, 2.45) is 0 Å². The van der Waals surface area contributed by atoms with E-state index in [4.69, 9.17) is 0 Å². The molecule has 1 fully saturated rings. The van der Waals surface area contributed by atoms with Crippen molar-refractivity contribution in [1.82, 2.24) is 4.72 Å². The molecule has 2 N–H and O–H groups in total. The van der Waals surface area contributed by atoms with Crippen LogP contribution in [0.25, 0.3) is 0 Å². The molecule has 0 spiro atoms. The van der Waals surface area contributed by atoms with Crippen LogP contribution in [0.1, 0.15) is 32.1 Å². The average Bonchev–Trinajstić information content (AvgIpc) is 2.39. The van der Waals surface area contributed by atoms with Crippen LogP contribution < -0.4 is 4.72 Å². The molecule has 1 aromatic rings. The first kappa shape index (κ1) is 14.7. The number of sulfonamides is 1. The van der Waals surface area contributed by atoms with Crippen molar-refractivity contribution < 1.29 is 18.4 Å². The van der Waals surface area contributed by atoms with E-state index in [9.17, 15) is 23.6 Å². The zero-order chi connectivity index (χ0) is 14.8. The molecule has 0 atom stereocenters. The van der Waals surface area contributed by atoms with Gasteiger partial charge < -0.3 is 5.11 Å². The lowest BCUT2D eigenvalue weighted by molar-refractivity contribution is -0.386. The van der Waals surface area contributed by atoms with Gasteiger partial charge in [0.25, 0.3) is 0 Å². The van der Waals surface area contributed by atoms with Crippen molar-refractivity contribution in [1.29, 1.82) is 0 Å². The van der Waals surface area contributed by atoms with E-state index < -0.39 is 26.4 Å². The van der Waals surface area contributed by atoms with Crippen LogP contribution in [-0.2, 0) is 10.0 Å². The number of nitrogens with zero attached hydrogens (tertiary/aromatic N) is 1. The molecule has 1 aliphatic rings. The van der Waals surface area contributed by atoms with Crippen LogP contribution in [0.3, 0.4) is 0 Å². The molecular weight excluding hydrogens is 284 g/mol. The van der Waals surface area contributed by atoms with Gasteiger partial charge in [-0.15, -0.1) is 0 Å². The third-order valence-electron chi connectivity index (χ3n) is 3.38. The first-order chi connectivity index (χ1) is 9.40. The summed E-state index contributed by atoms with van der Waals surface area (Å²) in [4.78, 5) is 9.71. The number of hydrogen-bond acceptors (Lipinski definition) is 5. The van der Waals surface area contributed by atoms with Crippen LogP contribution in [0.4, 0.5) is 5.69 Å². The number of phenols is 1. The van der Waals surface area contributed by atoms with E-state index in [0.717, 1.165) is 50.3 Å². The number of nitro benzene ring substituents is 1. The van der Waals surface area contributed by atoms with Gasteiger partial charge in [0.05, 0.1) is 9.82 Å². The molecule has 0 aromatic heterocycles. The van der Waals surface area contributed by atoms with Gasteiger partial charge >= 0.3 is 5.69 Å². The molecule has 0 heterocycles. The minimum absolute atomic E-state index is 0.124. The molecule has 0 amide bonds. The summed E-state index contributed by atoms with van der Waals surface area (Å²) in [6.07, 6.45) is 4.60. The van der Waals surface area contributed by atoms with Crippen LogP contribution in [0, 0.1) is 10.1 Å². The summed E-state index contributed by atoms with van der Waals surface area (Å²) >= 11 is 0. The van der Waals surface area contributed by atoms with E-state index in [0.29, 0.717) is 0 Å². The number of aromatic hydroxyl groups is 1. The molecular formula is C12H16N2O5S. The third-order valence-corrected chi connectivity index (χ3v) is 4.90. The van der Waals surface area contributed by atoms with Crippen LogP contribution in [-0.4, -0.2) is 24.5 Å². The SMILES string of the molecule is O=[N+]([O-])c1cc(S(=O)(=O)NC2CCCCC2)ccc1O. The van der Waals surface area contributed by atoms with Crippen LogP contribution in [0.2, 0.25) is 0 Å². The fraction of sp³-hybridized carbons (Fsp3) is 0.500. The van der Waals surface area contributed by atoms with Crippen molar-refractivity contribution in [2.45, 2.75) is 43.0 Å². The normalized spacial score (nSPS) is 17.0. The highest BCUT2D eigenvalue weighted by Gasteiger charge is 2.24. The zero-order valence-corrected chi connectivity index (χ0v) is 11.6. The number of phenolic OH excluding ortho intramolecular Hbond substituents is 1. The monoisotopic (exact) mass is 300 g/mol. The summed E-state index contributed by atoms with van der Waals surface area (Å²) in [5.74, 6) is -0.549. The second kappa shape index (κ2) is 5.76. The Balaban J connectivity index is 2.24. The fourth-order valence-electron chi connectivity index (χ4n) is 2.32. The second-order valence-electron chi connectivity index (χ2n) is 4.86. The Morgan fingerprint density at radius 1 is 1.25 bits per heavy atom. The van der Waals surface area contributed by atoms with Gasteiger partial charge in [-0.05, 0) is 25.0 Å². The van der Waals surface area contributed by atoms with E-state index in [1.165, 1.54) is 0 Å². The minimum Gasteiger partial charge on any atom is -0.502 e. The third kappa shape index (κ3) is 3.26. The molecule has 0 saturated heterocycles. The van der Waals surface area contributed by atoms with E-state index in [2.05, 4.69) is 4.72 Å². The fourth-order valence-corrected chi connectivity index (χ4v) is 3.65. The lowest BCUT2D eigenvalue weighted by Gasteiger charge is -2.22. The molecule has 1 saturated carbocycles. The van der Waals surface area contributed by atoms with Gasteiger partial charge in [0.2, 0.25) is 10.0 Å². The quantitative estimate of drug-likeness (QED) is 0.652. The number of nitro groups is 1. The van der Waals surface area contributed by atoms with Crippen molar-refractivity contribution >= 4 is 15.7 Å². The summed E-state index contributed by atoms with van der Waals surface area (Å²) in [6.45, 7) is 0. The summed E-state index contributed by atoms with van der Waals surface area (Å²) in [6, 6.07) is 2.93. The Labute approximate surface area is 116 Å². The summed E-state index contributed by atoms with van der Waals surface area (Å²) in [5, 5.41) is 20.1. The molecule has 0 unspecified atom stereocenters. The van der Waals surface area contributed by atoms with Crippen molar-refractivity contribution in [3.8, 4) is 5.75 Å². The molecule has 0 radical (unpaired) electrons. The van der Waals surface area contributed by atoms with E-state index in [1.807, 2.05) is 0 Å². The Morgan fingerprint density at radius 3 is 2.50 bits per heavy atom. The van der Waals surface area contributed by atoms with Crippen LogP contribution in [0.5, 0.6) is 5.75 Å². The van der Waals surface area contributed by atoms with Crippen LogP contribution in [0.15, 0.2) is 23.1 Å². The molecule has 2 rings (SSSR count). The second-order valence-corrected chi connectivity index (χ2v) is 6.58. The number of rotatable bonds is 4. The lowest BCUT2D eigenvalue weighted by atomic mass is 9.96. The molecule has 110 valence electrons. The van der Waals surface area contributed by atoms with Gasteiger partial charge in [0.15, 0.2) is 5.75 Å². The maximum atomic E-state index is 12.2. The standard InChI is InChI=1S/C12H16N2O5S/c15-12-7-6-10(8-11(12)14(16)17)20(18,19)13-9-4-2-1-3-5-9/h6-9,13,15H,1-5H2. The lowest BCUT2D eigenvalue weighted by Crippen LogP contribution is -2.36. The maximum Gasteiger partial charge on any atom is 0.312 e. The van der Waals surface area contributed by atoms with Gasteiger partial charge in [0, 0.05) is 12.1 Å². The molecule has 8 heteroatoms. The van der Waals surface area contributed by atoms with Gasteiger partial charge in [-0.1, -0.05) is 19.3 Å². The van der Waals surface area contributed by atoms with Crippen molar-refractivity contribution in [2.75, 3.05) is 0 Å². The van der Waals surface area contributed by atoms with Crippen molar-refractivity contribution in [3.63, 3.8) is 0 Å². The predicted octanol–water partition coefficient (Wildman–Crippen LogP) is 1.91. The predicted molar refractivity (Wildman–Crippen MR) is 72.0 cm³/mol. The number of benzene rings is 1. The molecule has 1 aromatic carbocycles.